The summed E-state index contributed by atoms with van der Waals surface area (Å²) in [6.07, 6.45) is 2.27. The molecule has 2 aromatic carbocycles. The maximum absolute atomic E-state index is 5.82. The predicted octanol–water partition coefficient (Wildman–Crippen LogP) is 5.93. The van der Waals surface area contributed by atoms with E-state index in [0.717, 1.165) is 34.4 Å². The molecule has 0 aliphatic heterocycles. The molecule has 0 aliphatic rings. The van der Waals surface area contributed by atoms with Crippen molar-refractivity contribution in [2.24, 2.45) is 0 Å². The van der Waals surface area contributed by atoms with Gasteiger partial charge in [0, 0.05) is 10.4 Å². The maximum atomic E-state index is 5.82. The van der Waals surface area contributed by atoms with Gasteiger partial charge in [-0.25, -0.2) is 0 Å². The lowest BCUT2D eigenvalue weighted by Gasteiger charge is -2.08. The average Bonchev–Trinajstić information content (AvgIpc) is 2.42. The fourth-order valence-corrected chi connectivity index (χ4v) is 2.74. The molecule has 0 heterocycles. The van der Waals surface area contributed by atoms with Gasteiger partial charge in [-0.1, -0.05) is 47.5 Å². The molecule has 0 aliphatic carbocycles. The van der Waals surface area contributed by atoms with Gasteiger partial charge in [-0.15, -0.1) is 11.6 Å². The van der Waals surface area contributed by atoms with Gasteiger partial charge in [0.1, 0.15) is 11.5 Å². The van der Waals surface area contributed by atoms with Crippen LogP contribution in [-0.2, 0) is 12.3 Å². The molecule has 3 heteroatoms. The topological polar surface area (TPSA) is 9.23 Å². The van der Waals surface area contributed by atoms with Crippen molar-refractivity contribution < 1.29 is 4.74 Å². The van der Waals surface area contributed by atoms with Crippen LogP contribution in [0.3, 0.4) is 0 Å². The first-order valence-corrected chi connectivity index (χ1v) is 7.67. The first-order valence-electron chi connectivity index (χ1n) is 6.34. The summed E-state index contributed by atoms with van der Waals surface area (Å²) in [5.41, 5.74) is 2.40. The van der Waals surface area contributed by atoms with Gasteiger partial charge < -0.3 is 4.74 Å². The zero-order chi connectivity index (χ0) is 13.7. The summed E-state index contributed by atoms with van der Waals surface area (Å²) in [5.74, 6) is 2.15. The largest absolute Gasteiger partial charge is 0.457 e. The van der Waals surface area contributed by atoms with E-state index in [9.17, 15) is 0 Å². The molecule has 0 aromatic heterocycles. The summed E-state index contributed by atoms with van der Waals surface area (Å²) in [4.78, 5) is 0. The van der Waals surface area contributed by atoms with Crippen molar-refractivity contribution in [3.63, 3.8) is 0 Å². The molecule has 19 heavy (non-hydrogen) atoms. The summed E-state index contributed by atoms with van der Waals surface area (Å²) in [7, 11) is 0. The van der Waals surface area contributed by atoms with Crippen molar-refractivity contribution in [2.75, 3.05) is 0 Å². The highest BCUT2D eigenvalue weighted by Gasteiger charge is 2.02. The van der Waals surface area contributed by atoms with Gasteiger partial charge >= 0.3 is 0 Å². The molecular formula is C16H16BrClO. The molecule has 100 valence electrons. The van der Waals surface area contributed by atoms with Crippen molar-refractivity contribution >= 4 is 27.5 Å². The Morgan fingerprint density at radius 3 is 2.32 bits per heavy atom. The van der Waals surface area contributed by atoms with E-state index < -0.39 is 0 Å². The average molecular weight is 340 g/mol. The fraction of sp³-hybridized carbons (Fsp3) is 0.250. The molecule has 0 fully saturated rings. The number of hydrogen-bond acceptors (Lipinski definition) is 1. The second-order valence-electron chi connectivity index (χ2n) is 4.38. The fourth-order valence-electron chi connectivity index (χ4n) is 1.85. The minimum absolute atomic E-state index is 0.493. The Hall–Kier alpha value is -0.990. The molecule has 0 atom stereocenters. The predicted molar refractivity (Wildman–Crippen MR) is 84.2 cm³/mol. The van der Waals surface area contributed by atoms with E-state index >= 15 is 0 Å². The Kier molecular flexibility index (Phi) is 5.29. The summed E-state index contributed by atoms with van der Waals surface area (Å²) in [6, 6.07) is 14.1. The van der Waals surface area contributed by atoms with Crippen LogP contribution in [0, 0.1) is 0 Å². The van der Waals surface area contributed by atoms with Crippen molar-refractivity contribution in [2.45, 2.75) is 25.6 Å². The smallest absolute Gasteiger partial charge is 0.128 e. The van der Waals surface area contributed by atoms with Crippen LogP contribution in [-0.4, -0.2) is 0 Å². The molecule has 2 rings (SSSR count). The van der Waals surface area contributed by atoms with Crippen molar-refractivity contribution in [1.29, 1.82) is 0 Å². The Morgan fingerprint density at radius 1 is 1.05 bits per heavy atom. The zero-order valence-corrected chi connectivity index (χ0v) is 13.2. The number of halogens is 2. The molecule has 0 saturated heterocycles. The van der Waals surface area contributed by atoms with Crippen molar-refractivity contribution in [3.8, 4) is 11.5 Å². The molecule has 2 aromatic rings. The van der Waals surface area contributed by atoms with Gasteiger partial charge in [-0.3, -0.25) is 0 Å². The summed E-state index contributed by atoms with van der Waals surface area (Å²) in [5, 5.41) is 0. The van der Waals surface area contributed by atoms with E-state index in [2.05, 4.69) is 35.0 Å². The van der Waals surface area contributed by atoms with E-state index in [1.807, 2.05) is 30.3 Å². The monoisotopic (exact) mass is 338 g/mol. The summed E-state index contributed by atoms with van der Waals surface area (Å²) >= 11 is 9.31. The quantitative estimate of drug-likeness (QED) is 0.613. The third kappa shape index (κ3) is 3.99. The third-order valence-corrected chi connectivity index (χ3v) is 3.89. The van der Waals surface area contributed by atoms with Crippen LogP contribution in [0.2, 0.25) is 0 Å². The second-order valence-corrected chi connectivity index (χ2v) is 5.50. The molecule has 0 radical (unpaired) electrons. The highest BCUT2D eigenvalue weighted by Crippen LogP contribution is 2.28. The van der Waals surface area contributed by atoms with Crippen LogP contribution in [0.25, 0.3) is 0 Å². The van der Waals surface area contributed by atoms with Gasteiger partial charge in [0.25, 0.3) is 0 Å². The zero-order valence-electron chi connectivity index (χ0n) is 10.8. The Bertz CT molecular complexity index is 537. The Balaban J connectivity index is 2.10. The van der Waals surface area contributed by atoms with Crippen LogP contribution in [0.15, 0.2) is 46.9 Å². The minimum atomic E-state index is 0.493. The van der Waals surface area contributed by atoms with Crippen LogP contribution in [0.5, 0.6) is 11.5 Å². The van der Waals surface area contributed by atoms with E-state index in [1.54, 1.807) is 0 Å². The van der Waals surface area contributed by atoms with Gasteiger partial charge in [-0.2, -0.15) is 0 Å². The lowest BCUT2D eigenvalue weighted by Crippen LogP contribution is -1.88. The highest BCUT2D eigenvalue weighted by atomic mass is 79.9. The SMILES string of the molecule is CCCc1ccc(Oc2ccc(CCl)c(Br)c2)cc1. The molecule has 0 amide bonds. The van der Waals surface area contributed by atoms with E-state index in [-0.39, 0.29) is 0 Å². The lowest BCUT2D eigenvalue weighted by atomic mass is 10.1. The first kappa shape index (κ1) is 14.4. The number of aryl methyl sites for hydroxylation is 1. The number of rotatable bonds is 5. The minimum Gasteiger partial charge on any atom is -0.457 e. The Labute approximate surface area is 127 Å². The van der Waals surface area contributed by atoms with Gasteiger partial charge in [0.15, 0.2) is 0 Å². The second kappa shape index (κ2) is 6.97. The first-order chi connectivity index (χ1) is 9.22. The number of benzene rings is 2. The van der Waals surface area contributed by atoms with Crippen LogP contribution >= 0.6 is 27.5 Å². The molecule has 1 nitrogen and oxygen atoms in total. The molecule has 0 spiro atoms. The number of hydrogen-bond donors (Lipinski definition) is 0. The van der Waals surface area contributed by atoms with Gasteiger partial charge in [0.05, 0.1) is 0 Å². The molecule has 0 bridgehead atoms. The summed E-state index contributed by atoms with van der Waals surface area (Å²) in [6.45, 7) is 2.18. The van der Waals surface area contributed by atoms with Gasteiger partial charge in [-0.05, 0) is 41.8 Å². The van der Waals surface area contributed by atoms with Crippen molar-refractivity contribution in [3.05, 3.63) is 58.1 Å². The molecular weight excluding hydrogens is 324 g/mol. The maximum Gasteiger partial charge on any atom is 0.128 e. The van der Waals surface area contributed by atoms with Crippen LogP contribution in [0.4, 0.5) is 0 Å². The molecule has 0 saturated carbocycles. The van der Waals surface area contributed by atoms with Gasteiger partial charge in [0.2, 0.25) is 0 Å². The third-order valence-electron chi connectivity index (χ3n) is 2.87. The normalized spacial score (nSPS) is 10.5. The van der Waals surface area contributed by atoms with E-state index in [1.165, 1.54) is 5.56 Å². The molecule has 0 unspecified atom stereocenters. The van der Waals surface area contributed by atoms with E-state index in [4.69, 9.17) is 16.3 Å². The highest BCUT2D eigenvalue weighted by molar-refractivity contribution is 9.10. The lowest BCUT2D eigenvalue weighted by molar-refractivity contribution is 0.482. The number of ether oxygens (including phenoxy) is 1. The van der Waals surface area contributed by atoms with Crippen LogP contribution < -0.4 is 4.74 Å². The molecule has 0 N–H and O–H groups in total. The Morgan fingerprint density at radius 2 is 1.74 bits per heavy atom. The van der Waals surface area contributed by atoms with Crippen molar-refractivity contribution in [1.82, 2.24) is 0 Å². The van der Waals surface area contributed by atoms with Crippen LogP contribution in [0.1, 0.15) is 24.5 Å². The standard InChI is InChI=1S/C16H16BrClO/c1-2-3-12-4-7-14(8-5-12)19-15-9-6-13(11-18)16(17)10-15/h4-10H,2-3,11H2,1H3. The summed E-state index contributed by atoms with van der Waals surface area (Å²) < 4.78 is 6.79. The van der Waals surface area contributed by atoms with E-state index in [0.29, 0.717) is 5.88 Å². The number of alkyl halides is 1.